The fourth-order valence-corrected chi connectivity index (χ4v) is 1.50. The van der Waals surface area contributed by atoms with Crippen LogP contribution in [0.5, 0.6) is 5.75 Å². The van der Waals surface area contributed by atoms with Crippen molar-refractivity contribution in [1.29, 1.82) is 0 Å². The molecule has 5 N–H and O–H groups in total. The Hall–Kier alpha value is -1.75. The van der Waals surface area contributed by atoms with Crippen LogP contribution in [0.25, 0.3) is 0 Å². The third-order valence-electron chi connectivity index (χ3n) is 2.81. The molecule has 100 valence electrons. The summed E-state index contributed by atoms with van der Waals surface area (Å²) in [6.07, 6.45) is 0.611. The summed E-state index contributed by atoms with van der Waals surface area (Å²) in [5.41, 5.74) is 5.90. The van der Waals surface area contributed by atoms with E-state index in [4.69, 9.17) is 10.8 Å². The molecule has 0 atom stereocenters. The molecule has 18 heavy (non-hydrogen) atoms. The van der Waals surface area contributed by atoms with E-state index in [1.165, 1.54) is 12.1 Å². The molecule has 5 nitrogen and oxygen atoms in total. The van der Waals surface area contributed by atoms with Crippen molar-refractivity contribution in [3.63, 3.8) is 0 Å². The molecule has 0 bridgehead atoms. The number of hydrogen-bond acceptors (Lipinski definition) is 4. The molecule has 5 heteroatoms. The highest BCUT2D eigenvalue weighted by atomic mass is 16.3. The van der Waals surface area contributed by atoms with Gasteiger partial charge in [-0.3, -0.25) is 4.79 Å². The number of aliphatic hydroxyl groups is 1. The minimum absolute atomic E-state index is 0.0888. The molecule has 0 aliphatic rings. The molecule has 0 radical (unpaired) electrons. The fourth-order valence-electron chi connectivity index (χ4n) is 1.50. The topological polar surface area (TPSA) is 95.6 Å². The van der Waals surface area contributed by atoms with Crippen molar-refractivity contribution in [2.75, 3.05) is 18.9 Å². The van der Waals surface area contributed by atoms with Crippen LogP contribution in [0.15, 0.2) is 18.2 Å². The van der Waals surface area contributed by atoms with Crippen molar-refractivity contribution in [1.82, 2.24) is 5.32 Å². The van der Waals surface area contributed by atoms with E-state index in [1.54, 1.807) is 6.07 Å². The molecular formula is C13H20N2O3. The van der Waals surface area contributed by atoms with Crippen molar-refractivity contribution >= 4 is 11.6 Å². The van der Waals surface area contributed by atoms with Crippen LogP contribution < -0.4 is 11.1 Å². The van der Waals surface area contributed by atoms with Crippen molar-refractivity contribution in [2.24, 2.45) is 5.41 Å². The van der Waals surface area contributed by atoms with E-state index in [2.05, 4.69) is 5.32 Å². The second-order valence-electron chi connectivity index (χ2n) is 5.09. The van der Waals surface area contributed by atoms with Gasteiger partial charge in [0.25, 0.3) is 5.91 Å². The quantitative estimate of drug-likeness (QED) is 0.466. The predicted octanol–water partition coefficient (Wildman–Crippen LogP) is 1.11. The van der Waals surface area contributed by atoms with E-state index in [1.807, 2.05) is 13.8 Å². The second kappa shape index (κ2) is 5.73. The van der Waals surface area contributed by atoms with E-state index in [0.717, 1.165) is 0 Å². The lowest BCUT2D eigenvalue weighted by atomic mass is 9.89. The predicted molar refractivity (Wildman–Crippen MR) is 70.3 cm³/mol. The summed E-state index contributed by atoms with van der Waals surface area (Å²) < 4.78 is 0. The summed E-state index contributed by atoms with van der Waals surface area (Å²) in [4.78, 5) is 11.8. The van der Waals surface area contributed by atoms with Gasteiger partial charge in [-0.15, -0.1) is 0 Å². The molecule has 0 saturated carbocycles. The first-order valence-electron chi connectivity index (χ1n) is 5.83. The summed E-state index contributed by atoms with van der Waals surface area (Å²) in [5, 5.41) is 21.1. The minimum atomic E-state index is -0.267. The maximum absolute atomic E-state index is 11.8. The monoisotopic (exact) mass is 252 g/mol. The maximum Gasteiger partial charge on any atom is 0.251 e. The lowest BCUT2D eigenvalue weighted by Gasteiger charge is -2.23. The van der Waals surface area contributed by atoms with E-state index >= 15 is 0 Å². The standard InChI is InChI=1S/C13H20N2O3/c1-13(2,5-6-16)8-15-12(18)9-3-4-10(14)11(17)7-9/h3-4,7,16-17H,5-6,8,14H2,1-2H3,(H,15,18). The van der Waals surface area contributed by atoms with Crippen LogP contribution >= 0.6 is 0 Å². The number of carbonyl (C=O) groups is 1. The summed E-state index contributed by atoms with van der Waals surface area (Å²) in [7, 11) is 0. The van der Waals surface area contributed by atoms with Crippen molar-refractivity contribution in [3.8, 4) is 5.75 Å². The highest BCUT2D eigenvalue weighted by Gasteiger charge is 2.18. The SMILES string of the molecule is CC(C)(CCO)CNC(=O)c1ccc(N)c(O)c1. The second-order valence-corrected chi connectivity index (χ2v) is 5.09. The molecule has 0 fully saturated rings. The number of phenols is 1. The molecule has 0 heterocycles. The van der Waals surface area contributed by atoms with E-state index < -0.39 is 0 Å². The Labute approximate surface area is 107 Å². The number of anilines is 1. The van der Waals surface area contributed by atoms with Gasteiger partial charge in [-0.1, -0.05) is 13.8 Å². The zero-order valence-electron chi connectivity index (χ0n) is 10.7. The number of benzene rings is 1. The molecule has 0 aliphatic heterocycles. The van der Waals surface area contributed by atoms with Gasteiger partial charge in [-0.2, -0.15) is 0 Å². The number of hydrogen-bond donors (Lipinski definition) is 4. The highest BCUT2D eigenvalue weighted by molar-refractivity contribution is 5.95. The van der Waals surface area contributed by atoms with Gasteiger partial charge in [0.1, 0.15) is 5.75 Å². The zero-order valence-corrected chi connectivity index (χ0v) is 10.7. The number of aromatic hydroxyl groups is 1. The molecule has 0 aliphatic carbocycles. The number of nitrogen functional groups attached to an aromatic ring is 1. The van der Waals surface area contributed by atoms with Gasteiger partial charge in [0.2, 0.25) is 0 Å². The first-order valence-corrected chi connectivity index (χ1v) is 5.83. The van der Waals surface area contributed by atoms with Gasteiger partial charge in [0.15, 0.2) is 0 Å². The number of carbonyl (C=O) groups excluding carboxylic acids is 1. The average Bonchev–Trinajstić information content (AvgIpc) is 2.30. The number of phenolic OH excluding ortho intramolecular Hbond substituents is 1. The number of amides is 1. The van der Waals surface area contributed by atoms with Gasteiger partial charge in [0, 0.05) is 18.7 Å². The van der Waals surface area contributed by atoms with E-state index in [0.29, 0.717) is 18.5 Å². The fraction of sp³-hybridized carbons (Fsp3) is 0.462. The molecule has 1 aromatic carbocycles. The van der Waals surface area contributed by atoms with Crippen molar-refractivity contribution in [2.45, 2.75) is 20.3 Å². The van der Waals surface area contributed by atoms with Crippen LogP contribution in [0.4, 0.5) is 5.69 Å². The molecule has 0 spiro atoms. The lowest BCUT2D eigenvalue weighted by Crippen LogP contribution is -2.34. The summed E-state index contributed by atoms with van der Waals surface area (Å²) >= 11 is 0. The van der Waals surface area contributed by atoms with Gasteiger partial charge in [-0.25, -0.2) is 0 Å². The normalized spacial score (nSPS) is 11.3. The van der Waals surface area contributed by atoms with Gasteiger partial charge >= 0.3 is 0 Å². The van der Waals surface area contributed by atoms with Gasteiger partial charge in [0.05, 0.1) is 5.69 Å². The van der Waals surface area contributed by atoms with E-state index in [9.17, 15) is 9.90 Å². The van der Waals surface area contributed by atoms with E-state index in [-0.39, 0.29) is 29.4 Å². The summed E-state index contributed by atoms with van der Waals surface area (Å²) in [6, 6.07) is 4.39. The van der Waals surface area contributed by atoms with Gasteiger partial charge in [-0.05, 0) is 30.0 Å². The van der Waals surface area contributed by atoms with Crippen LogP contribution in [-0.4, -0.2) is 29.3 Å². The first-order chi connectivity index (χ1) is 8.35. The Morgan fingerprint density at radius 2 is 2.11 bits per heavy atom. The maximum atomic E-state index is 11.8. The van der Waals surface area contributed by atoms with Crippen LogP contribution in [0, 0.1) is 5.41 Å². The van der Waals surface area contributed by atoms with Crippen molar-refractivity contribution in [3.05, 3.63) is 23.8 Å². The van der Waals surface area contributed by atoms with Crippen LogP contribution in [0.2, 0.25) is 0 Å². The molecule has 1 amide bonds. The molecule has 0 unspecified atom stereocenters. The van der Waals surface area contributed by atoms with Gasteiger partial charge < -0.3 is 21.3 Å². The number of rotatable bonds is 5. The largest absolute Gasteiger partial charge is 0.506 e. The molecule has 0 saturated heterocycles. The van der Waals surface area contributed by atoms with Crippen LogP contribution in [0.1, 0.15) is 30.6 Å². The number of nitrogens with two attached hydrogens (primary N) is 1. The summed E-state index contributed by atoms with van der Waals surface area (Å²) in [6.45, 7) is 4.47. The molecule has 1 aromatic rings. The molecular weight excluding hydrogens is 232 g/mol. The Morgan fingerprint density at radius 3 is 2.67 bits per heavy atom. The Kier molecular flexibility index (Phi) is 4.55. The zero-order chi connectivity index (χ0) is 13.8. The van der Waals surface area contributed by atoms with Crippen LogP contribution in [-0.2, 0) is 0 Å². The minimum Gasteiger partial charge on any atom is -0.506 e. The number of nitrogens with one attached hydrogen (secondary N) is 1. The number of aliphatic hydroxyl groups excluding tert-OH is 1. The smallest absolute Gasteiger partial charge is 0.251 e. The Bertz CT molecular complexity index is 430. The Morgan fingerprint density at radius 1 is 1.44 bits per heavy atom. The first kappa shape index (κ1) is 14.3. The van der Waals surface area contributed by atoms with Crippen LogP contribution in [0.3, 0.4) is 0 Å². The lowest BCUT2D eigenvalue weighted by molar-refractivity contribution is 0.0928. The highest BCUT2D eigenvalue weighted by Crippen LogP contribution is 2.21. The molecule has 1 rings (SSSR count). The third kappa shape index (κ3) is 3.92. The molecule has 0 aromatic heterocycles. The summed E-state index contributed by atoms with van der Waals surface area (Å²) in [5.74, 6) is -0.367. The Balaban J connectivity index is 2.63. The third-order valence-corrected chi connectivity index (χ3v) is 2.81. The average molecular weight is 252 g/mol. The van der Waals surface area contributed by atoms with Crippen molar-refractivity contribution < 1.29 is 15.0 Å².